The molecule has 108 valence electrons. The molecule has 1 saturated heterocycles. The minimum absolute atomic E-state index is 0.176. The maximum Gasteiger partial charge on any atom is 0.252 e. The summed E-state index contributed by atoms with van der Waals surface area (Å²) in [6, 6.07) is 5.36. The third kappa shape index (κ3) is 2.39. The molecule has 4 nitrogen and oxygen atoms in total. The van der Waals surface area contributed by atoms with Crippen LogP contribution in [0.3, 0.4) is 0 Å². The van der Waals surface area contributed by atoms with Crippen molar-refractivity contribution in [2.24, 2.45) is 5.92 Å². The van der Waals surface area contributed by atoms with E-state index in [1.54, 1.807) is 16.4 Å². The zero-order valence-electron chi connectivity index (χ0n) is 11.3. The van der Waals surface area contributed by atoms with Gasteiger partial charge in [0.25, 0.3) is 10.0 Å². The zero-order chi connectivity index (χ0) is 14.2. The highest BCUT2D eigenvalue weighted by molar-refractivity contribution is 7.91. The molecule has 1 aliphatic carbocycles. The number of nitrogens with zero attached hydrogens (tertiary/aromatic N) is 2. The van der Waals surface area contributed by atoms with Crippen molar-refractivity contribution in [2.75, 3.05) is 6.54 Å². The molecule has 1 aliphatic heterocycles. The lowest BCUT2D eigenvalue weighted by Crippen LogP contribution is -2.49. The maximum absolute atomic E-state index is 12.8. The summed E-state index contributed by atoms with van der Waals surface area (Å²) in [4.78, 5) is 0.459. The van der Waals surface area contributed by atoms with E-state index in [1.807, 2.05) is 6.07 Å². The van der Waals surface area contributed by atoms with Gasteiger partial charge in [-0.1, -0.05) is 12.8 Å². The van der Waals surface area contributed by atoms with Crippen molar-refractivity contribution in [3.63, 3.8) is 0 Å². The second-order valence-electron chi connectivity index (χ2n) is 5.60. The SMILES string of the molecule is N#Cc1ccc(S(=O)(=O)N2CCCC3CCCCC32)s1. The van der Waals surface area contributed by atoms with Gasteiger partial charge in [-0.3, -0.25) is 0 Å². The molecule has 2 atom stereocenters. The Hall–Kier alpha value is -0.900. The quantitative estimate of drug-likeness (QED) is 0.843. The fraction of sp³-hybridized carbons (Fsp3) is 0.643. The van der Waals surface area contributed by atoms with E-state index in [0.29, 0.717) is 21.5 Å². The Bertz CT molecular complexity index is 628. The van der Waals surface area contributed by atoms with E-state index < -0.39 is 10.0 Å². The highest BCUT2D eigenvalue weighted by atomic mass is 32.2. The lowest BCUT2D eigenvalue weighted by molar-refractivity contribution is 0.129. The molecule has 2 fully saturated rings. The third-order valence-electron chi connectivity index (χ3n) is 4.45. The zero-order valence-corrected chi connectivity index (χ0v) is 12.9. The molecule has 1 saturated carbocycles. The molecule has 3 rings (SSSR count). The summed E-state index contributed by atoms with van der Waals surface area (Å²) in [6.07, 6.45) is 6.61. The Balaban J connectivity index is 1.91. The average Bonchev–Trinajstić information content (AvgIpc) is 2.96. The molecular weight excluding hydrogens is 292 g/mol. The van der Waals surface area contributed by atoms with Gasteiger partial charge in [0.2, 0.25) is 0 Å². The number of thiophene rings is 1. The Kier molecular flexibility index (Phi) is 3.85. The molecule has 0 amide bonds. The summed E-state index contributed by atoms with van der Waals surface area (Å²) in [6.45, 7) is 0.628. The van der Waals surface area contributed by atoms with Gasteiger partial charge in [0.05, 0.1) is 0 Å². The highest BCUT2D eigenvalue weighted by Crippen LogP contribution is 2.38. The average molecular weight is 310 g/mol. The molecule has 0 N–H and O–H groups in total. The van der Waals surface area contributed by atoms with Crippen LogP contribution in [-0.2, 0) is 10.0 Å². The number of fused-ring (bicyclic) bond motifs is 1. The number of piperidine rings is 1. The highest BCUT2D eigenvalue weighted by Gasteiger charge is 2.40. The first-order valence-corrected chi connectivity index (χ1v) is 9.40. The molecular formula is C14H18N2O2S2. The summed E-state index contributed by atoms with van der Waals surface area (Å²) in [7, 11) is -3.42. The minimum Gasteiger partial charge on any atom is -0.206 e. The van der Waals surface area contributed by atoms with E-state index in [1.165, 1.54) is 6.42 Å². The van der Waals surface area contributed by atoms with Crippen molar-refractivity contribution >= 4 is 21.4 Å². The molecule has 6 heteroatoms. The van der Waals surface area contributed by atoms with E-state index in [2.05, 4.69) is 0 Å². The predicted molar refractivity (Wildman–Crippen MR) is 77.9 cm³/mol. The van der Waals surface area contributed by atoms with Gasteiger partial charge in [-0.15, -0.1) is 11.3 Å². The monoisotopic (exact) mass is 310 g/mol. The van der Waals surface area contributed by atoms with Gasteiger partial charge in [-0.25, -0.2) is 8.42 Å². The Morgan fingerprint density at radius 1 is 1.20 bits per heavy atom. The van der Waals surface area contributed by atoms with Crippen LogP contribution >= 0.6 is 11.3 Å². The number of hydrogen-bond acceptors (Lipinski definition) is 4. The number of nitriles is 1. The van der Waals surface area contributed by atoms with Crippen LogP contribution in [-0.4, -0.2) is 25.3 Å². The van der Waals surface area contributed by atoms with Crippen LogP contribution in [0.1, 0.15) is 43.4 Å². The molecule has 2 aliphatic rings. The van der Waals surface area contributed by atoms with Crippen LogP contribution in [0.25, 0.3) is 0 Å². The predicted octanol–water partition coefficient (Wildman–Crippen LogP) is 2.96. The summed E-state index contributed by atoms with van der Waals surface area (Å²) in [5.41, 5.74) is 0. The Labute approximate surface area is 124 Å². The minimum atomic E-state index is -3.42. The van der Waals surface area contributed by atoms with E-state index in [-0.39, 0.29) is 6.04 Å². The van der Waals surface area contributed by atoms with Gasteiger partial charge in [0.1, 0.15) is 15.2 Å². The van der Waals surface area contributed by atoms with Gasteiger partial charge in [0, 0.05) is 12.6 Å². The van der Waals surface area contributed by atoms with Crippen molar-refractivity contribution in [3.05, 3.63) is 17.0 Å². The smallest absolute Gasteiger partial charge is 0.206 e. The molecule has 2 heterocycles. The third-order valence-corrected chi connectivity index (χ3v) is 7.83. The van der Waals surface area contributed by atoms with Crippen molar-refractivity contribution in [1.29, 1.82) is 5.26 Å². The van der Waals surface area contributed by atoms with Gasteiger partial charge in [-0.2, -0.15) is 9.57 Å². The molecule has 20 heavy (non-hydrogen) atoms. The molecule has 0 bridgehead atoms. The number of rotatable bonds is 2. The summed E-state index contributed by atoms with van der Waals surface area (Å²) in [5.74, 6) is 0.530. The van der Waals surface area contributed by atoms with Gasteiger partial charge >= 0.3 is 0 Å². The normalized spacial score (nSPS) is 27.8. The first-order chi connectivity index (χ1) is 9.63. The van der Waals surface area contributed by atoms with Crippen LogP contribution in [0.2, 0.25) is 0 Å². The molecule has 0 aromatic carbocycles. The van der Waals surface area contributed by atoms with E-state index in [9.17, 15) is 8.42 Å². The van der Waals surface area contributed by atoms with Crippen LogP contribution < -0.4 is 0 Å². The van der Waals surface area contributed by atoms with Crippen LogP contribution in [0.5, 0.6) is 0 Å². The van der Waals surface area contributed by atoms with Crippen molar-refractivity contribution in [2.45, 2.75) is 48.8 Å². The first-order valence-electron chi connectivity index (χ1n) is 7.15. The summed E-state index contributed by atoms with van der Waals surface area (Å²) < 4.78 is 27.6. The Morgan fingerprint density at radius 3 is 2.70 bits per heavy atom. The standard InChI is InChI=1S/C14H18N2O2S2/c15-10-12-7-8-14(19-12)20(17,18)16-9-3-5-11-4-1-2-6-13(11)16/h7-8,11,13H,1-6,9H2. The largest absolute Gasteiger partial charge is 0.252 e. The second-order valence-corrected chi connectivity index (χ2v) is 8.80. The summed E-state index contributed by atoms with van der Waals surface area (Å²) in [5, 5.41) is 8.87. The number of sulfonamides is 1. The van der Waals surface area contributed by atoms with Crippen LogP contribution in [0, 0.1) is 17.2 Å². The van der Waals surface area contributed by atoms with Crippen molar-refractivity contribution in [3.8, 4) is 6.07 Å². The van der Waals surface area contributed by atoms with E-state index in [4.69, 9.17) is 5.26 Å². The van der Waals surface area contributed by atoms with Crippen LogP contribution in [0.4, 0.5) is 0 Å². The first kappa shape index (κ1) is 14.1. The van der Waals surface area contributed by atoms with Gasteiger partial charge in [-0.05, 0) is 43.7 Å². The van der Waals surface area contributed by atoms with Gasteiger partial charge < -0.3 is 0 Å². The molecule has 0 spiro atoms. The van der Waals surface area contributed by atoms with Crippen molar-refractivity contribution < 1.29 is 8.42 Å². The van der Waals surface area contributed by atoms with Gasteiger partial charge in [0.15, 0.2) is 0 Å². The molecule has 1 aromatic rings. The fourth-order valence-electron chi connectivity index (χ4n) is 3.51. The maximum atomic E-state index is 12.8. The Morgan fingerprint density at radius 2 is 1.95 bits per heavy atom. The lowest BCUT2D eigenvalue weighted by Gasteiger charge is -2.42. The van der Waals surface area contributed by atoms with E-state index >= 15 is 0 Å². The molecule has 0 radical (unpaired) electrons. The summed E-state index contributed by atoms with van der Waals surface area (Å²) >= 11 is 1.08. The lowest BCUT2D eigenvalue weighted by atomic mass is 9.79. The number of hydrogen-bond donors (Lipinski definition) is 0. The fourth-order valence-corrected chi connectivity index (χ4v) is 6.50. The molecule has 2 unspecified atom stereocenters. The second kappa shape index (κ2) is 5.47. The molecule has 1 aromatic heterocycles. The van der Waals surface area contributed by atoms with E-state index in [0.717, 1.165) is 43.4 Å². The topological polar surface area (TPSA) is 61.2 Å². The van der Waals surface area contributed by atoms with Crippen molar-refractivity contribution in [1.82, 2.24) is 4.31 Å². The van der Waals surface area contributed by atoms with Crippen LogP contribution in [0.15, 0.2) is 16.3 Å².